The molecule has 3 nitrogen and oxygen atoms in total. The van der Waals surface area contributed by atoms with E-state index >= 15 is 0 Å². The fourth-order valence-electron chi connectivity index (χ4n) is 2.16. The van der Waals surface area contributed by atoms with Crippen LogP contribution < -0.4 is 10.1 Å². The predicted octanol–water partition coefficient (Wildman–Crippen LogP) is 4.82. The van der Waals surface area contributed by atoms with Crippen LogP contribution in [0.4, 0.5) is 10.1 Å². The van der Waals surface area contributed by atoms with Gasteiger partial charge in [0.1, 0.15) is 11.6 Å². The van der Waals surface area contributed by atoms with Crippen molar-refractivity contribution in [1.82, 2.24) is 0 Å². The van der Waals surface area contributed by atoms with Crippen LogP contribution in [-0.4, -0.2) is 13.0 Å². The van der Waals surface area contributed by atoms with Crippen LogP contribution in [0.2, 0.25) is 0 Å². The minimum Gasteiger partial charge on any atom is -0.495 e. The molecule has 0 bridgehead atoms. The summed E-state index contributed by atoms with van der Waals surface area (Å²) in [5, 5.41) is 2.84. The first-order valence-electron chi connectivity index (χ1n) is 6.97. The summed E-state index contributed by atoms with van der Waals surface area (Å²) in [6, 6.07) is 17.1. The van der Waals surface area contributed by atoms with E-state index in [1.165, 1.54) is 23.5 Å². The van der Waals surface area contributed by atoms with Crippen molar-refractivity contribution in [3.63, 3.8) is 0 Å². The molecule has 5 heteroatoms. The van der Waals surface area contributed by atoms with Crippen molar-refractivity contribution in [3.8, 4) is 16.2 Å². The van der Waals surface area contributed by atoms with Crippen LogP contribution in [0.1, 0.15) is 9.67 Å². The number of methoxy groups -OCH3 is 1. The molecular weight excluding hydrogens is 313 g/mol. The van der Waals surface area contributed by atoms with E-state index in [4.69, 9.17) is 4.74 Å². The Kier molecular flexibility index (Phi) is 4.39. The fourth-order valence-corrected chi connectivity index (χ4v) is 3.07. The van der Waals surface area contributed by atoms with Gasteiger partial charge in [-0.1, -0.05) is 24.3 Å². The highest BCUT2D eigenvalue weighted by Gasteiger charge is 2.12. The van der Waals surface area contributed by atoms with Gasteiger partial charge in [-0.15, -0.1) is 11.3 Å². The molecule has 0 aliphatic heterocycles. The summed E-state index contributed by atoms with van der Waals surface area (Å²) >= 11 is 1.36. The topological polar surface area (TPSA) is 38.3 Å². The summed E-state index contributed by atoms with van der Waals surface area (Å²) in [5.74, 6) is 0.128. The monoisotopic (exact) mass is 327 g/mol. The van der Waals surface area contributed by atoms with Crippen LogP contribution >= 0.6 is 11.3 Å². The van der Waals surface area contributed by atoms with Gasteiger partial charge in [0.25, 0.3) is 5.91 Å². The first-order valence-corrected chi connectivity index (χ1v) is 7.79. The van der Waals surface area contributed by atoms with Crippen LogP contribution in [0.3, 0.4) is 0 Å². The summed E-state index contributed by atoms with van der Waals surface area (Å²) in [7, 11) is 1.56. The maximum Gasteiger partial charge on any atom is 0.265 e. The Balaban J connectivity index is 1.80. The second kappa shape index (κ2) is 6.62. The van der Waals surface area contributed by atoms with Gasteiger partial charge in [0.15, 0.2) is 0 Å². The Labute approximate surface area is 137 Å². The van der Waals surface area contributed by atoms with E-state index < -0.39 is 0 Å². The number of halogens is 1. The zero-order chi connectivity index (χ0) is 16.2. The lowest BCUT2D eigenvalue weighted by atomic mass is 10.2. The van der Waals surface area contributed by atoms with Gasteiger partial charge in [-0.2, -0.15) is 0 Å². The van der Waals surface area contributed by atoms with Gasteiger partial charge in [-0.25, -0.2) is 4.39 Å². The molecule has 0 atom stereocenters. The molecule has 0 aliphatic rings. The molecule has 0 fully saturated rings. The molecule has 0 aliphatic carbocycles. The van der Waals surface area contributed by atoms with Gasteiger partial charge in [-0.3, -0.25) is 4.79 Å². The normalized spacial score (nSPS) is 10.3. The first-order chi connectivity index (χ1) is 11.2. The summed E-state index contributed by atoms with van der Waals surface area (Å²) in [4.78, 5) is 13.9. The lowest BCUT2D eigenvalue weighted by Gasteiger charge is -2.08. The summed E-state index contributed by atoms with van der Waals surface area (Å²) < 4.78 is 18.2. The second-order valence-corrected chi connectivity index (χ2v) is 5.91. The van der Waals surface area contributed by atoms with Crippen molar-refractivity contribution in [2.75, 3.05) is 12.4 Å². The number of para-hydroxylation sites is 2. The number of anilines is 1. The second-order valence-electron chi connectivity index (χ2n) is 4.83. The molecular formula is C18H14FNO2S. The Morgan fingerprint density at radius 1 is 1.04 bits per heavy atom. The average molecular weight is 327 g/mol. The van der Waals surface area contributed by atoms with Gasteiger partial charge < -0.3 is 10.1 Å². The first kappa shape index (κ1) is 15.2. The Bertz CT molecular complexity index is 827. The van der Waals surface area contributed by atoms with Crippen LogP contribution in [0, 0.1) is 5.82 Å². The number of thiophene rings is 1. The lowest BCUT2D eigenvalue weighted by Crippen LogP contribution is -2.10. The highest BCUT2D eigenvalue weighted by Crippen LogP contribution is 2.30. The molecule has 1 N–H and O–H groups in total. The third kappa shape index (κ3) is 3.40. The molecule has 0 saturated carbocycles. The van der Waals surface area contributed by atoms with E-state index in [2.05, 4.69) is 5.32 Å². The van der Waals surface area contributed by atoms with Crippen LogP contribution in [0.25, 0.3) is 10.4 Å². The molecule has 0 saturated heterocycles. The number of carbonyl (C=O) groups excluding carboxylic acids is 1. The molecule has 1 aromatic heterocycles. The lowest BCUT2D eigenvalue weighted by molar-refractivity contribution is 0.103. The molecule has 0 radical (unpaired) electrons. The van der Waals surface area contributed by atoms with Crippen LogP contribution in [-0.2, 0) is 0 Å². The van der Waals surface area contributed by atoms with E-state index in [9.17, 15) is 9.18 Å². The number of hydrogen-bond donors (Lipinski definition) is 1. The summed E-state index contributed by atoms with van der Waals surface area (Å²) in [6.07, 6.45) is 0. The zero-order valence-corrected chi connectivity index (χ0v) is 13.2. The van der Waals surface area contributed by atoms with Crippen molar-refractivity contribution >= 4 is 22.9 Å². The quantitative estimate of drug-likeness (QED) is 0.746. The van der Waals surface area contributed by atoms with Gasteiger partial charge in [0, 0.05) is 4.88 Å². The third-order valence-corrected chi connectivity index (χ3v) is 4.45. The van der Waals surface area contributed by atoms with Gasteiger partial charge in [-0.05, 0) is 42.0 Å². The maximum atomic E-state index is 13.0. The molecule has 0 spiro atoms. The maximum absolute atomic E-state index is 13.0. The summed E-state index contributed by atoms with van der Waals surface area (Å²) in [6.45, 7) is 0. The Hall–Kier alpha value is -2.66. The van der Waals surface area contributed by atoms with Gasteiger partial charge in [0.05, 0.1) is 17.7 Å². The van der Waals surface area contributed by atoms with Crippen molar-refractivity contribution in [2.45, 2.75) is 0 Å². The highest BCUT2D eigenvalue weighted by atomic mass is 32.1. The van der Waals surface area contributed by atoms with E-state index in [-0.39, 0.29) is 11.7 Å². The van der Waals surface area contributed by atoms with Gasteiger partial charge >= 0.3 is 0 Å². The van der Waals surface area contributed by atoms with E-state index in [0.29, 0.717) is 16.3 Å². The molecule has 1 amide bonds. The zero-order valence-electron chi connectivity index (χ0n) is 12.4. The molecule has 2 aromatic carbocycles. The Morgan fingerprint density at radius 2 is 1.78 bits per heavy atom. The largest absolute Gasteiger partial charge is 0.495 e. The fraction of sp³-hybridized carbons (Fsp3) is 0.0556. The van der Waals surface area contributed by atoms with Crippen LogP contribution in [0.15, 0.2) is 60.7 Å². The standard InChI is InChI=1S/C18H14FNO2S/c1-22-15-5-3-2-4-14(15)20-18(21)17-11-10-16(23-17)12-6-8-13(19)9-7-12/h2-11H,1H3,(H,20,21). The Morgan fingerprint density at radius 3 is 2.52 bits per heavy atom. The number of benzene rings is 2. The number of rotatable bonds is 4. The smallest absolute Gasteiger partial charge is 0.265 e. The molecule has 3 aromatic rings. The van der Waals surface area contributed by atoms with E-state index in [1.54, 1.807) is 37.4 Å². The molecule has 116 valence electrons. The van der Waals surface area contributed by atoms with Crippen molar-refractivity contribution in [2.24, 2.45) is 0 Å². The highest BCUT2D eigenvalue weighted by molar-refractivity contribution is 7.17. The minimum atomic E-state index is -0.278. The molecule has 3 rings (SSSR count). The SMILES string of the molecule is COc1ccccc1NC(=O)c1ccc(-c2ccc(F)cc2)s1. The van der Waals surface area contributed by atoms with Crippen molar-refractivity contribution < 1.29 is 13.9 Å². The number of ether oxygens (including phenoxy) is 1. The van der Waals surface area contributed by atoms with Crippen molar-refractivity contribution in [3.05, 3.63) is 71.4 Å². The van der Waals surface area contributed by atoms with Crippen molar-refractivity contribution in [1.29, 1.82) is 0 Å². The van der Waals surface area contributed by atoms with E-state index in [0.717, 1.165) is 10.4 Å². The molecule has 0 unspecified atom stereocenters. The average Bonchev–Trinajstić information content (AvgIpc) is 3.06. The van der Waals surface area contributed by atoms with Crippen LogP contribution in [0.5, 0.6) is 5.75 Å². The minimum absolute atomic E-state index is 0.201. The third-order valence-electron chi connectivity index (χ3n) is 3.31. The molecule has 1 heterocycles. The number of carbonyl (C=O) groups is 1. The number of hydrogen-bond acceptors (Lipinski definition) is 3. The van der Waals surface area contributed by atoms with E-state index in [1.807, 2.05) is 18.2 Å². The van der Waals surface area contributed by atoms with Gasteiger partial charge in [0.2, 0.25) is 0 Å². The summed E-state index contributed by atoms with van der Waals surface area (Å²) in [5.41, 5.74) is 1.50. The predicted molar refractivity (Wildman–Crippen MR) is 90.7 cm³/mol. The number of nitrogens with one attached hydrogen (secondary N) is 1. The molecule has 23 heavy (non-hydrogen) atoms. The number of amides is 1.